The van der Waals surface area contributed by atoms with Crippen molar-refractivity contribution in [2.24, 2.45) is 7.05 Å². The van der Waals surface area contributed by atoms with Crippen LogP contribution in [0.15, 0.2) is 0 Å². The van der Waals surface area contributed by atoms with Crippen LogP contribution >= 0.6 is 11.3 Å². The minimum Gasteiger partial charge on any atom is -0.461 e. The molecule has 0 unspecified atom stereocenters. The summed E-state index contributed by atoms with van der Waals surface area (Å²) in [6.45, 7) is 8.67. The number of hydrogen-bond acceptors (Lipinski definition) is 6. The van der Waals surface area contributed by atoms with Crippen LogP contribution in [0.3, 0.4) is 0 Å². The molecule has 0 radical (unpaired) electrons. The molecule has 7 heteroatoms. The average Bonchev–Trinajstić information content (AvgIpc) is 2.90. The van der Waals surface area contributed by atoms with Crippen LogP contribution in [0.1, 0.15) is 39.2 Å². The van der Waals surface area contributed by atoms with Crippen LogP contribution in [0, 0.1) is 20.8 Å². The molecule has 2 aromatic heterocycles. The molecule has 0 aliphatic carbocycles. The summed E-state index contributed by atoms with van der Waals surface area (Å²) in [4.78, 5) is 16.9. The Kier molecular flexibility index (Phi) is 4.62. The van der Waals surface area contributed by atoms with Gasteiger partial charge in [0.25, 0.3) is 0 Å². The summed E-state index contributed by atoms with van der Waals surface area (Å²) in [6, 6.07) is 0. The van der Waals surface area contributed by atoms with Gasteiger partial charge in [0.15, 0.2) is 10.8 Å². The number of aryl methyl sites for hydroxylation is 3. The molecule has 0 amide bonds. The van der Waals surface area contributed by atoms with Gasteiger partial charge in [-0.15, -0.1) is 11.3 Å². The lowest BCUT2D eigenvalue weighted by molar-refractivity contribution is 0.0519. The van der Waals surface area contributed by atoms with Gasteiger partial charge in [-0.25, -0.2) is 9.78 Å². The van der Waals surface area contributed by atoms with Crippen molar-refractivity contribution in [2.45, 2.75) is 34.2 Å². The highest BCUT2D eigenvalue weighted by Gasteiger charge is 2.17. The fourth-order valence-corrected chi connectivity index (χ4v) is 2.90. The molecule has 0 saturated carbocycles. The van der Waals surface area contributed by atoms with Gasteiger partial charge in [-0.05, 0) is 27.7 Å². The molecule has 0 fully saturated rings. The second-order valence-corrected chi connectivity index (χ2v) is 5.97. The summed E-state index contributed by atoms with van der Waals surface area (Å²) >= 11 is 1.46. The lowest BCUT2D eigenvalue weighted by Crippen LogP contribution is -2.07. The number of anilines is 1. The third kappa shape index (κ3) is 3.24. The Balaban J connectivity index is 2.11. The minimum atomic E-state index is -0.368. The van der Waals surface area contributed by atoms with E-state index in [-0.39, 0.29) is 5.97 Å². The van der Waals surface area contributed by atoms with Crippen LogP contribution in [0.4, 0.5) is 5.13 Å². The molecule has 21 heavy (non-hydrogen) atoms. The Morgan fingerprint density at radius 2 is 2.10 bits per heavy atom. The van der Waals surface area contributed by atoms with Crippen molar-refractivity contribution in [3.05, 3.63) is 27.5 Å². The predicted octanol–water partition coefficient (Wildman–Crippen LogP) is 2.59. The standard InChI is InChI=1S/C14H20N4O2S/c1-6-20-13(19)12-10(4)21-14(16-12)15-7-11-8(2)17-18(5)9(11)3/h6-7H2,1-5H3,(H,15,16). The van der Waals surface area contributed by atoms with Gasteiger partial charge in [0.1, 0.15) is 0 Å². The van der Waals surface area contributed by atoms with E-state index in [1.165, 1.54) is 11.3 Å². The zero-order valence-corrected chi connectivity index (χ0v) is 13.8. The van der Waals surface area contributed by atoms with Crippen molar-refractivity contribution in [1.82, 2.24) is 14.8 Å². The molecule has 0 bridgehead atoms. The molecule has 0 aliphatic heterocycles. The van der Waals surface area contributed by atoms with Gasteiger partial charge in [0.2, 0.25) is 0 Å². The van der Waals surface area contributed by atoms with E-state index < -0.39 is 0 Å². The predicted molar refractivity (Wildman–Crippen MR) is 82.8 cm³/mol. The van der Waals surface area contributed by atoms with Crippen molar-refractivity contribution < 1.29 is 9.53 Å². The van der Waals surface area contributed by atoms with Crippen molar-refractivity contribution in [2.75, 3.05) is 11.9 Å². The Hall–Kier alpha value is -1.89. The number of aromatic nitrogens is 3. The van der Waals surface area contributed by atoms with Gasteiger partial charge in [-0.3, -0.25) is 4.68 Å². The van der Waals surface area contributed by atoms with E-state index in [0.717, 1.165) is 27.0 Å². The van der Waals surface area contributed by atoms with Crippen LogP contribution in [0.25, 0.3) is 0 Å². The summed E-state index contributed by atoms with van der Waals surface area (Å²) < 4.78 is 6.86. The minimum absolute atomic E-state index is 0.354. The van der Waals surface area contributed by atoms with Crippen LogP contribution in [0.2, 0.25) is 0 Å². The van der Waals surface area contributed by atoms with Crippen molar-refractivity contribution >= 4 is 22.4 Å². The van der Waals surface area contributed by atoms with E-state index in [2.05, 4.69) is 15.4 Å². The van der Waals surface area contributed by atoms with E-state index in [9.17, 15) is 4.79 Å². The van der Waals surface area contributed by atoms with Crippen molar-refractivity contribution in [3.8, 4) is 0 Å². The number of nitrogens with zero attached hydrogens (tertiary/aromatic N) is 3. The molecule has 2 aromatic rings. The molecule has 0 spiro atoms. The Bertz CT molecular complexity index is 660. The number of carbonyl (C=O) groups excluding carboxylic acids is 1. The maximum Gasteiger partial charge on any atom is 0.358 e. The fourth-order valence-electron chi connectivity index (χ4n) is 2.10. The van der Waals surface area contributed by atoms with E-state index in [0.29, 0.717) is 18.8 Å². The molecule has 0 saturated heterocycles. The second kappa shape index (κ2) is 6.26. The zero-order chi connectivity index (χ0) is 15.6. The number of hydrogen-bond donors (Lipinski definition) is 1. The summed E-state index contributed by atoms with van der Waals surface area (Å²) in [5, 5.41) is 8.36. The lowest BCUT2D eigenvalue weighted by Gasteiger charge is -2.03. The largest absolute Gasteiger partial charge is 0.461 e. The van der Waals surface area contributed by atoms with Gasteiger partial charge < -0.3 is 10.1 Å². The Morgan fingerprint density at radius 1 is 1.38 bits per heavy atom. The zero-order valence-electron chi connectivity index (χ0n) is 13.0. The number of rotatable bonds is 5. The number of nitrogens with one attached hydrogen (secondary N) is 1. The number of carbonyl (C=O) groups is 1. The average molecular weight is 308 g/mol. The third-order valence-corrected chi connectivity index (χ3v) is 4.27. The molecular weight excluding hydrogens is 288 g/mol. The maximum atomic E-state index is 11.7. The maximum absolute atomic E-state index is 11.7. The lowest BCUT2D eigenvalue weighted by atomic mass is 10.2. The molecule has 0 aliphatic rings. The number of ether oxygens (including phenoxy) is 1. The van der Waals surface area contributed by atoms with E-state index in [4.69, 9.17) is 4.74 Å². The summed E-state index contributed by atoms with van der Waals surface area (Å²) in [7, 11) is 1.93. The molecule has 1 N–H and O–H groups in total. The Labute approximate surface area is 128 Å². The SMILES string of the molecule is CCOC(=O)c1nc(NCc2c(C)nn(C)c2C)sc1C. The third-order valence-electron chi connectivity index (χ3n) is 3.34. The Morgan fingerprint density at radius 3 is 2.67 bits per heavy atom. The number of thiazole rings is 1. The first kappa shape index (κ1) is 15.5. The van der Waals surface area contributed by atoms with Gasteiger partial charge in [0.05, 0.1) is 12.3 Å². The van der Waals surface area contributed by atoms with E-state index in [1.807, 2.05) is 32.5 Å². The first-order valence-corrected chi connectivity index (χ1v) is 7.63. The highest BCUT2D eigenvalue weighted by atomic mass is 32.1. The van der Waals surface area contributed by atoms with E-state index in [1.54, 1.807) is 6.92 Å². The smallest absolute Gasteiger partial charge is 0.358 e. The number of esters is 1. The van der Waals surface area contributed by atoms with Gasteiger partial charge in [-0.2, -0.15) is 5.10 Å². The van der Waals surface area contributed by atoms with Crippen LogP contribution in [-0.4, -0.2) is 27.3 Å². The summed E-state index contributed by atoms with van der Waals surface area (Å²) in [5.74, 6) is -0.368. The summed E-state index contributed by atoms with van der Waals surface area (Å²) in [6.07, 6.45) is 0. The topological polar surface area (TPSA) is 69.0 Å². The normalized spacial score (nSPS) is 10.7. The van der Waals surface area contributed by atoms with Crippen molar-refractivity contribution in [1.29, 1.82) is 0 Å². The monoisotopic (exact) mass is 308 g/mol. The van der Waals surface area contributed by atoms with Gasteiger partial charge in [0, 0.05) is 29.7 Å². The molecule has 2 heterocycles. The van der Waals surface area contributed by atoms with Gasteiger partial charge in [-0.1, -0.05) is 0 Å². The second-order valence-electron chi connectivity index (χ2n) is 4.77. The molecule has 0 atom stereocenters. The fraction of sp³-hybridized carbons (Fsp3) is 0.500. The molecule has 2 rings (SSSR count). The molecule has 114 valence electrons. The van der Waals surface area contributed by atoms with E-state index >= 15 is 0 Å². The highest BCUT2D eigenvalue weighted by Crippen LogP contribution is 2.24. The van der Waals surface area contributed by atoms with Gasteiger partial charge >= 0.3 is 5.97 Å². The quantitative estimate of drug-likeness (QED) is 0.860. The van der Waals surface area contributed by atoms with Crippen molar-refractivity contribution in [3.63, 3.8) is 0 Å². The molecule has 0 aromatic carbocycles. The molecular formula is C14H20N4O2S. The molecule has 6 nitrogen and oxygen atoms in total. The van der Waals surface area contributed by atoms with Crippen LogP contribution < -0.4 is 5.32 Å². The highest BCUT2D eigenvalue weighted by molar-refractivity contribution is 7.15. The first-order valence-electron chi connectivity index (χ1n) is 6.81. The van der Waals surface area contributed by atoms with Crippen LogP contribution in [-0.2, 0) is 18.3 Å². The summed E-state index contributed by atoms with van der Waals surface area (Å²) in [5.41, 5.74) is 3.67. The van der Waals surface area contributed by atoms with Crippen LogP contribution in [0.5, 0.6) is 0 Å². The first-order chi connectivity index (χ1) is 9.93.